The number of nitrogens with zero attached hydrogens (tertiary/aromatic N) is 4. The molecule has 3 aromatic rings. The van der Waals surface area contributed by atoms with E-state index in [-0.39, 0.29) is 0 Å². The smallest absolute Gasteiger partial charge is 0.252 e. The number of rotatable bonds is 5. The number of hydrogen-bond acceptors (Lipinski definition) is 6. The van der Waals surface area contributed by atoms with Crippen LogP contribution in [0.4, 0.5) is 5.82 Å². The number of terminal acetylenes is 1. The molecule has 0 fully saturated rings. The van der Waals surface area contributed by atoms with E-state index in [2.05, 4.69) is 20.9 Å². The lowest BCUT2D eigenvalue weighted by Gasteiger charge is -2.21. The van der Waals surface area contributed by atoms with Crippen LogP contribution in [0.3, 0.4) is 0 Å². The first kappa shape index (κ1) is 15.8. The molecule has 3 rings (SSSR count). The lowest BCUT2D eigenvalue weighted by Crippen LogP contribution is -2.24. The summed E-state index contributed by atoms with van der Waals surface area (Å²) in [7, 11) is 1.65. The van der Waals surface area contributed by atoms with Crippen molar-refractivity contribution in [2.24, 2.45) is 0 Å². The number of oxazole rings is 1. The van der Waals surface area contributed by atoms with Crippen LogP contribution in [0.2, 0.25) is 0 Å². The summed E-state index contributed by atoms with van der Waals surface area (Å²) in [6.45, 7) is 4.62. The van der Waals surface area contributed by atoms with Crippen LogP contribution in [-0.2, 0) is 6.54 Å². The van der Waals surface area contributed by atoms with Gasteiger partial charge in [0, 0.05) is 13.5 Å². The first-order chi connectivity index (χ1) is 11.6. The summed E-state index contributed by atoms with van der Waals surface area (Å²) in [6, 6.07) is 7.85. The van der Waals surface area contributed by atoms with E-state index in [1.165, 1.54) is 0 Å². The van der Waals surface area contributed by atoms with Crippen molar-refractivity contribution in [2.75, 3.05) is 18.6 Å². The van der Waals surface area contributed by atoms with Gasteiger partial charge >= 0.3 is 0 Å². The minimum Gasteiger partial charge on any atom is -0.497 e. The van der Waals surface area contributed by atoms with Gasteiger partial charge in [0.25, 0.3) is 5.71 Å². The number of aromatic nitrogens is 3. The minimum atomic E-state index is 0.406. The number of aryl methyl sites for hydroxylation is 2. The van der Waals surface area contributed by atoms with Crippen LogP contribution >= 0.6 is 0 Å². The normalized spacial score (nSPS) is 10.6. The van der Waals surface area contributed by atoms with Crippen molar-refractivity contribution in [1.82, 2.24) is 15.0 Å². The molecule has 6 heteroatoms. The van der Waals surface area contributed by atoms with Crippen LogP contribution in [0.1, 0.15) is 17.3 Å². The Labute approximate surface area is 140 Å². The van der Waals surface area contributed by atoms with Gasteiger partial charge in [-0.15, -0.1) is 6.42 Å². The molecular formula is C18H18N4O2. The molecule has 0 spiro atoms. The molecule has 0 bridgehead atoms. The molecular weight excluding hydrogens is 304 g/mol. The predicted octanol–water partition coefficient (Wildman–Crippen LogP) is 2.88. The molecule has 0 aliphatic heterocycles. The molecule has 0 saturated heterocycles. The predicted molar refractivity (Wildman–Crippen MR) is 92.0 cm³/mol. The fraction of sp³-hybridized carbons (Fsp3) is 0.278. The van der Waals surface area contributed by atoms with Crippen LogP contribution in [0.25, 0.3) is 11.2 Å². The maximum Gasteiger partial charge on any atom is 0.252 e. The maximum absolute atomic E-state index is 5.55. The Kier molecular flexibility index (Phi) is 4.34. The summed E-state index contributed by atoms with van der Waals surface area (Å²) >= 11 is 0. The van der Waals surface area contributed by atoms with E-state index >= 15 is 0 Å². The van der Waals surface area contributed by atoms with E-state index in [0.717, 1.165) is 11.3 Å². The number of fused-ring (bicyclic) bond motifs is 1. The summed E-state index contributed by atoms with van der Waals surface area (Å²) in [5, 5.41) is 0. The molecule has 0 aliphatic carbocycles. The van der Waals surface area contributed by atoms with Gasteiger partial charge in [-0.3, -0.25) is 0 Å². The van der Waals surface area contributed by atoms with Crippen LogP contribution in [0.15, 0.2) is 28.7 Å². The molecule has 122 valence electrons. The number of anilines is 1. The third-order valence-electron chi connectivity index (χ3n) is 3.57. The Morgan fingerprint density at radius 2 is 1.92 bits per heavy atom. The largest absolute Gasteiger partial charge is 0.497 e. The van der Waals surface area contributed by atoms with Gasteiger partial charge in [-0.2, -0.15) is 4.98 Å². The molecule has 0 N–H and O–H groups in total. The second kappa shape index (κ2) is 6.59. The van der Waals surface area contributed by atoms with E-state index in [1.54, 1.807) is 14.0 Å². The van der Waals surface area contributed by atoms with Crippen LogP contribution in [0.5, 0.6) is 5.75 Å². The Bertz CT molecular complexity index is 894. The van der Waals surface area contributed by atoms with Gasteiger partial charge in [-0.25, -0.2) is 9.97 Å². The number of ether oxygens (including phenoxy) is 1. The lowest BCUT2D eigenvalue weighted by molar-refractivity contribution is 0.414. The second-order valence-electron chi connectivity index (χ2n) is 5.39. The highest BCUT2D eigenvalue weighted by Crippen LogP contribution is 2.25. The fourth-order valence-corrected chi connectivity index (χ4v) is 2.50. The molecule has 0 unspecified atom stereocenters. The molecule has 24 heavy (non-hydrogen) atoms. The zero-order valence-electron chi connectivity index (χ0n) is 13.9. The van der Waals surface area contributed by atoms with Gasteiger partial charge in [0.2, 0.25) is 0 Å². The maximum atomic E-state index is 5.55. The zero-order chi connectivity index (χ0) is 17.1. The van der Waals surface area contributed by atoms with E-state index in [1.807, 2.05) is 36.1 Å². The molecule has 2 aromatic heterocycles. The minimum absolute atomic E-state index is 0.406. The standard InChI is InChI=1S/C18H18N4O2/c1-5-10-22(11-14-6-8-15(23-4)9-7-14)17-16-18(20-12(2)19-17)24-13(3)21-16/h1,6-9H,10-11H2,2-4H3. The quantitative estimate of drug-likeness (QED) is 0.673. The Morgan fingerprint density at radius 1 is 1.17 bits per heavy atom. The summed E-state index contributed by atoms with van der Waals surface area (Å²) in [4.78, 5) is 15.2. The van der Waals surface area contributed by atoms with Crippen molar-refractivity contribution in [1.29, 1.82) is 0 Å². The highest BCUT2D eigenvalue weighted by molar-refractivity contribution is 5.82. The van der Waals surface area contributed by atoms with Gasteiger partial charge < -0.3 is 14.1 Å². The molecule has 0 amide bonds. The zero-order valence-corrected chi connectivity index (χ0v) is 13.9. The molecule has 0 atom stereocenters. The Hall–Kier alpha value is -3.07. The molecule has 0 radical (unpaired) electrons. The first-order valence-electron chi connectivity index (χ1n) is 7.54. The number of methoxy groups -OCH3 is 1. The molecule has 0 saturated carbocycles. The average Bonchev–Trinajstić information content (AvgIpc) is 2.94. The SMILES string of the molecule is C#CCN(Cc1ccc(OC)cc1)c1nc(C)nc2oc(C)nc12. The first-order valence-corrected chi connectivity index (χ1v) is 7.54. The van der Waals surface area contributed by atoms with Crippen molar-refractivity contribution in [3.05, 3.63) is 41.5 Å². The lowest BCUT2D eigenvalue weighted by atomic mass is 10.2. The monoisotopic (exact) mass is 322 g/mol. The molecule has 6 nitrogen and oxygen atoms in total. The topological polar surface area (TPSA) is 64.3 Å². The van der Waals surface area contributed by atoms with E-state index in [0.29, 0.717) is 41.9 Å². The molecule has 0 aliphatic rings. The van der Waals surface area contributed by atoms with Crippen molar-refractivity contribution in [3.8, 4) is 18.1 Å². The van der Waals surface area contributed by atoms with Crippen LogP contribution in [0, 0.1) is 26.2 Å². The van der Waals surface area contributed by atoms with E-state index < -0.39 is 0 Å². The second-order valence-corrected chi connectivity index (χ2v) is 5.39. The van der Waals surface area contributed by atoms with Gasteiger partial charge in [0.1, 0.15) is 11.6 Å². The van der Waals surface area contributed by atoms with Gasteiger partial charge in [-0.1, -0.05) is 18.1 Å². The third-order valence-corrected chi connectivity index (χ3v) is 3.57. The van der Waals surface area contributed by atoms with E-state index in [9.17, 15) is 0 Å². The van der Waals surface area contributed by atoms with E-state index in [4.69, 9.17) is 15.6 Å². The van der Waals surface area contributed by atoms with Gasteiger partial charge in [-0.05, 0) is 24.6 Å². The molecule has 1 aromatic carbocycles. The van der Waals surface area contributed by atoms with Crippen molar-refractivity contribution < 1.29 is 9.15 Å². The summed E-state index contributed by atoms with van der Waals surface area (Å²) in [6.07, 6.45) is 5.55. The van der Waals surface area contributed by atoms with Crippen LogP contribution in [-0.4, -0.2) is 28.6 Å². The Balaban J connectivity index is 2.00. The number of hydrogen-bond donors (Lipinski definition) is 0. The van der Waals surface area contributed by atoms with Crippen LogP contribution < -0.4 is 9.64 Å². The van der Waals surface area contributed by atoms with Crippen molar-refractivity contribution in [3.63, 3.8) is 0 Å². The number of benzene rings is 1. The highest BCUT2D eigenvalue weighted by atomic mass is 16.5. The summed E-state index contributed by atoms with van der Waals surface area (Å²) in [5.74, 6) is 5.35. The van der Waals surface area contributed by atoms with Gasteiger partial charge in [0.15, 0.2) is 17.2 Å². The highest BCUT2D eigenvalue weighted by Gasteiger charge is 2.18. The van der Waals surface area contributed by atoms with Gasteiger partial charge in [0.05, 0.1) is 13.7 Å². The Morgan fingerprint density at radius 3 is 2.58 bits per heavy atom. The van der Waals surface area contributed by atoms with Crippen molar-refractivity contribution in [2.45, 2.75) is 20.4 Å². The summed E-state index contributed by atoms with van der Waals surface area (Å²) in [5.41, 5.74) is 2.20. The summed E-state index contributed by atoms with van der Waals surface area (Å²) < 4.78 is 10.7. The fourth-order valence-electron chi connectivity index (χ4n) is 2.50. The average molecular weight is 322 g/mol. The van der Waals surface area contributed by atoms with Crippen molar-refractivity contribution >= 4 is 17.0 Å². The third kappa shape index (κ3) is 3.15. The molecule has 2 heterocycles.